The molecule has 3 rings (SSSR count). The molecule has 0 aromatic carbocycles. The molecular weight excluding hydrogens is 270 g/mol. The minimum atomic E-state index is -0.135. The zero-order chi connectivity index (χ0) is 14.8. The molecule has 7 nitrogen and oxygen atoms in total. The molecule has 1 N–H and O–H groups in total. The van der Waals surface area contributed by atoms with E-state index in [0.29, 0.717) is 30.9 Å². The van der Waals surface area contributed by atoms with Crippen molar-refractivity contribution in [3.63, 3.8) is 0 Å². The standard InChI is InChI=1S/C14H17N5O2/c1-10-16-12-9-18(8-11(12)14(21)17-10)13(20)4-2-6-19-7-3-5-15-19/h3,5,7H,2,4,6,8-9H2,1H3,(H,16,17,21). The maximum atomic E-state index is 12.2. The Morgan fingerprint density at radius 3 is 3.05 bits per heavy atom. The normalized spacial score (nSPS) is 13.5. The van der Waals surface area contributed by atoms with E-state index in [9.17, 15) is 9.59 Å². The van der Waals surface area contributed by atoms with Crippen LogP contribution < -0.4 is 5.56 Å². The number of carbonyl (C=O) groups excluding carboxylic acids is 1. The topological polar surface area (TPSA) is 83.9 Å². The Morgan fingerprint density at radius 1 is 1.43 bits per heavy atom. The van der Waals surface area contributed by atoms with Crippen LogP contribution in [0.3, 0.4) is 0 Å². The number of nitrogens with one attached hydrogen (secondary N) is 1. The van der Waals surface area contributed by atoms with Gasteiger partial charge in [0.25, 0.3) is 5.56 Å². The molecule has 7 heteroatoms. The summed E-state index contributed by atoms with van der Waals surface area (Å²) in [5, 5.41) is 4.10. The number of nitrogens with zero attached hydrogens (tertiary/aromatic N) is 4. The number of fused-ring (bicyclic) bond motifs is 1. The van der Waals surface area contributed by atoms with Gasteiger partial charge < -0.3 is 9.88 Å². The molecule has 0 saturated carbocycles. The Kier molecular flexibility index (Phi) is 3.55. The number of amides is 1. The van der Waals surface area contributed by atoms with Gasteiger partial charge >= 0.3 is 0 Å². The summed E-state index contributed by atoms with van der Waals surface area (Å²) in [5.41, 5.74) is 1.20. The van der Waals surface area contributed by atoms with Crippen molar-refractivity contribution in [2.24, 2.45) is 0 Å². The smallest absolute Gasteiger partial charge is 0.256 e. The first-order chi connectivity index (χ1) is 10.1. The van der Waals surface area contributed by atoms with Crippen LogP contribution in [-0.4, -0.2) is 30.6 Å². The number of rotatable bonds is 4. The predicted molar refractivity (Wildman–Crippen MR) is 75.3 cm³/mol. The second-order valence-electron chi connectivity index (χ2n) is 5.20. The van der Waals surface area contributed by atoms with Gasteiger partial charge in [-0.2, -0.15) is 5.10 Å². The number of H-pyrrole nitrogens is 1. The maximum Gasteiger partial charge on any atom is 0.256 e. The second kappa shape index (κ2) is 5.51. The van der Waals surface area contributed by atoms with Gasteiger partial charge in [0.05, 0.1) is 24.3 Å². The molecule has 0 radical (unpaired) electrons. The largest absolute Gasteiger partial charge is 0.332 e. The van der Waals surface area contributed by atoms with Crippen LogP contribution in [0.1, 0.15) is 29.9 Å². The van der Waals surface area contributed by atoms with Crippen molar-refractivity contribution in [3.05, 3.63) is 45.9 Å². The van der Waals surface area contributed by atoms with Gasteiger partial charge in [-0.05, 0) is 19.4 Å². The van der Waals surface area contributed by atoms with Crippen LogP contribution in [0.5, 0.6) is 0 Å². The van der Waals surface area contributed by atoms with Gasteiger partial charge in [0.2, 0.25) is 5.91 Å². The molecule has 2 aromatic heterocycles. The Morgan fingerprint density at radius 2 is 2.29 bits per heavy atom. The molecule has 3 heterocycles. The average molecular weight is 287 g/mol. The number of aromatic nitrogens is 4. The predicted octanol–water partition coefficient (Wildman–Crippen LogP) is 0.597. The van der Waals surface area contributed by atoms with E-state index in [1.807, 2.05) is 16.9 Å². The Bertz CT molecular complexity index is 705. The molecule has 0 unspecified atom stereocenters. The highest BCUT2D eigenvalue weighted by Crippen LogP contribution is 2.18. The van der Waals surface area contributed by atoms with Crippen LogP contribution in [-0.2, 0) is 24.4 Å². The van der Waals surface area contributed by atoms with Gasteiger partial charge in [-0.3, -0.25) is 14.3 Å². The van der Waals surface area contributed by atoms with Gasteiger partial charge in [0, 0.05) is 25.4 Å². The van der Waals surface area contributed by atoms with Crippen molar-refractivity contribution >= 4 is 5.91 Å². The lowest BCUT2D eigenvalue weighted by Crippen LogP contribution is -2.26. The van der Waals surface area contributed by atoms with Crippen LogP contribution in [0.4, 0.5) is 0 Å². The Balaban J connectivity index is 1.58. The number of hydrogen-bond donors (Lipinski definition) is 1. The molecule has 0 aliphatic carbocycles. The zero-order valence-corrected chi connectivity index (χ0v) is 11.9. The molecule has 1 amide bonds. The van der Waals surface area contributed by atoms with Crippen molar-refractivity contribution < 1.29 is 4.79 Å². The lowest BCUT2D eigenvalue weighted by atomic mass is 10.2. The highest BCUT2D eigenvalue weighted by atomic mass is 16.2. The van der Waals surface area contributed by atoms with E-state index in [1.165, 1.54) is 0 Å². The van der Waals surface area contributed by atoms with Crippen LogP contribution in [0.2, 0.25) is 0 Å². The minimum Gasteiger partial charge on any atom is -0.332 e. The molecule has 0 bridgehead atoms. The van der Waals surface area contributed by atoms with E-state index in [1.54, 1.807) is 18.0 Å². The van der Waals surface area contributed by atoms with E-state index < -0.39 is 0 Å². The summed E-state index contributed by atoms with van der Waals surface area (Å²) in [5.74, 6) is 0.643. The zero-order valence-electron chi connectivity index (χ0n) is 11.9. The van der Waals surface area contributed by atoms with Crippen molar-refractivity contribution in [2.45, 2.75) is 39.4 Å². The first-order valence-corrected chi connectivity index (χ1v) is 6.97. The molecule has 0 saturated heterocycles. The van der Waals surface area contributed by atoms with Gasteiger partial charge in [0.15, 0.2) is 0 Å². The highest BCUT2D eigenvalue weighted by molar-refractivity contribution is 5.76. The third-order valence-electron chi connectivity index (χ3n) is 3.60. The fourth-order valence-electron chi connectivity index (χ4n) is 2.55. The van der Waals surface area contributed by atoms with Crippen molar-refractivity contribution in [1.82, 2.24) is 24.6 Å². The summed E-state index contributed by atoms with van der Waals surface area (Å²) < 4.78 is 1.81. The van der Waals surface area contributed by atoms with Gasteiger partial charge in [-0.25, -0.2) is 4.98 Å². The number of carbonyl (C=O) groups is 1. The summed E-state index contributed by atoms with van der Waals surface area (Å²) in [6, 6.07) is 1.86. The van der Waals surface area contributed by atoms with Crippen LogP contribution in [0.15, 0.2) is 23.3 Å². The summed E-state index contributed by atoms with van der Waals surface area (Å²) in [4.78, 5) is 32.7. The van der Waals surface area contributed by atoms with Gasteiger partial charge in [0.1, 0.15) is 5.82 Å². The van der Waals surface area contributed by atoms with Crippen LogP contribution in [0.25, 0.3) is 0 Å². The van der Waals surface area contributed by atoms with Crippen LogP contribution in [0, 0.1) is 6.92 Å². The quantitative estimate of drug-likeness (QED) is 0.892. The lowest BCUT2D eigenvalue weighted by molar-refractivity contribution is -0.132. The first kappa shape index (κ1) is 13.5. The molecule has 0 atom stereocenters. The first-order valence-electron chi connectivity index (χ1n) is 6.97. The van der Waals surface area contributed by atoms with Gasteiger partial charge in [-0.1, -0.05) is 0 Å². The molecule has 2 aromatic rings. The molecule has 110 valence electrons. The van der Waals surface area contributed by atoms with E-state index in [0.717, 1.165) is 18.7 Å². The third-order valence-corrected chi connectivity index (χ3v) is 3.60. The van der Waals surface area contributed by atoms with Crippen molar-refractivity contribution in [1.29, 1.82) is 0 Å². The maximum absolute atomic E-state index is 12.2. The van der Waals surface area contributed by atoms with Crippen LogP contribution >= 0.6 is 0 Å². The molecule has 0 fully saturated rings. The molecular formula is C14H17N5O2. The highest BCUT2D eigenvalue weighted by Gasteiger charge is 2.26. The van der Waals surface area contributed by atoms with Crippen molar-refractivity contribution in [3.8, 4) is 0 Å². The van der Waals surface area contributed by atoms with E-state index in [2.05, 4.69) is 15.1 Å². The number of hydrogen-bond acceptors (Lipinski definition) is 4. The summed E-state index contributed by atoms with van der Waals surface area (Å²) >= 11 is 0. The molecule has 1 aliphatic rings. The molecule has 21 heavy (non-hydrogen) atoms. The monoisotopic (exact) mass is 287 g/mol. The third kappa shape index (κ3) is 2.86. The second-order valence-corrected chi connectivity index (χ2v) is 5.20. The van der Waals surface area contributed by atoms with E-state index in [4.69, 9.17) is 0 Å². The fraction of sp³-hybridized carbons (Fsp3) is 0.429. The van der Waals surface area contributed by atoms with E-state index >= 15 is 0 Å². The summed E-state index contributed by atoms with van der Waals surface area (Å²) in [6.45, 7) is 3.26. The number of aromatic amines is 1. The number of aryl methyl sites for hydroxylation is 2. The minimum absolute atomic E-state index is 0.0530. The summed E-state index contributed by atoms with van der Waals surface area (Å²) in [7, 11) is 0. The molecule has 0 spiro atoms. The average Bonchev–Trinajstić information content (AvgIpc) is 3.07. The van der Waals surface area contributed by atoms with Gasteiger partial charge in [-0.15, -0.1) is 0 Å². The van der Waals surface area contributed by atoms with Crippen molar-refractivity contribution in [2.75, 3.05) is 0 Å². The Labute approximate surface area is 121 Å². The summed E-state index contributed by atoms with van der Waals surface area (Å²) in [6.07, 6.45) is 4.78. The SMILES string of the molecule is Cc1nc2c(c(=O)[nH]1)CN(C(=O)CCCn1cccn1)C2. The van der Waals surface area contributed by atoms with E-state index in [-0.39, 0.29) is 11.5 Å². The lowest BCUT2D eigenvalue weighted by Gasteiger charge is -2.14. The molecule has 1 aliphatic heterocycles. The fourth-order valence-corrected chi connectivity index (χ4v) is 2.55. The Hall–Kier alpha value is -2.44.